The summed E-state index contributed by atoms with van der Waals surface area (Å²) in [6, 6.07) is 0. The Morgan fingerprint density at radius 1 is 1.64 bits per heavy atom. The lowest BCUT2D eigenvalue weighted by Crippen LogP contribution is -2.15. The standard InChI is InChI=1S/C5H9N3O.C3H6O2/c6-8-7-5-3-1-2-4-9-5;1-3(4)5-2/h5H,1-4H2;1-2H3. The molecule has 0 aliphatic carbocycles. The molecule has 1 heterocycles. The maximum absolute atomic E-state index is 9.59. The Morgan fingerprint density at radius 2 is 2.29 bits per heavy atom. The fourth-order valence-corrected chi connectivity index (χ4v) is 0.872. The van der Waals surface area contributed by atoms with Gasteiger partial charge in [-0.1, -0.05) is 5.11 Å². The Bertz CT molecular complexity index is 208. The largest absolute Gasteiger partial charge is 0.469 e. The maximum Gasteiger partial charge on any atom is 0.302 e. The van der Waals surface area contributed by atoms with Crippen LogP contribution in [0.3, 0.4) is 0 Å². The van der Waals surface area contributed by atoms with Crippen molar-refractivity contribution >= 4 is 5.97 Å². The smallest absolute Gasteiger partial charge is 0.302 e. The van der Waals surface area contributed by atoms with Crippen LogP contribution in [0.25, 0.3) is 10.4 Å². The first-order chi connectivity index (χ1) is 6.70. The number of hydrogen-bond donors (Lipinski definition) is 0. The summed E-state index contributed by atoms with van der Waals surface area (Å²) < 4.78 is 9.21. The minimum atomic E-state index is -0.245. The van der Waals surface area contributed by atoms with Crippen molar-refractivity contribution in [2.75, 3.05) is 13.7 Å². The predicted molar refractivity (Wildman–Crippen MR) is 50.4 cm³/mol. The Balaban J connectivity index is 0.000000292. The third-order valence-corrected chi connectivity index (χ3v) is 1.62. The molecule has 1 rings (SSSR count). The van der Waals surface area contributed by atoms with E-state index in [4.69, 9.17) is 10.3 Å². The van der Waals surface area contributed by atoms with Gasteiger partial charge in [-0.25, -0.2) is 0 Å². The molecule has 1 aliphatic rings. The lowest BCUT2D eigenvalue weighted by atomic mass is 10.2. The van der Waals surface area contributed by atoms with Crippen molar-refractivity contribution in [3.05, 3.63) is 10.4 Å². The molecule has 0 amide bonds. The molecule has 1 saturated heterocycles. The SMILES string of the molecule is COC(C)=O.[N-]=[N+]=NC1CCCCO1. The molecule has 6 heteroatoms. The maximum atomic E-state index is 9.59. The molecule has 0 aromatic rings. The number of nitrogens with zero attached hydrogens (tertiary/aromatic N) is 3. The highest BCUT2D eigenvalue weighted by atomic mass is 16.5. The van der Waals surface area contributed by atoms with Gasteiger partial charge in [-0.3, -0.25) is 4.79 Å². The average molecular weight is 201 g/mol. The highest BCUT2D eigenvalue weighted by Gasteiger charge is 2.10. The van der Waals surface area contributed by atoms with Crippen molar-refractivity contribution < 1.29 is 14.3 Å². The molecule has 0 radical (unpaired) electrons. The van der Waals surface area contributed by atoms with E-state index in [1.165, 1.54) is 14.0 Å². The summed E-state index contributed by atoms with van der Waals surface area (Å²) in [5.74, 6) is -0.245. The van der Waals surface area contributed by atoms with Crippen LogP contribution in [0.1, 0.15) is 26.2 Å². The number of esters is 1. The summed E-state index contributed by atoms with van der Waals surface area (Å²) in [6.07, 6.45) is 2.90. The van der Waals surface area contributed by atoms with Crippen LogP contribution < -0.4 is 0 Å². The molecular weight excluding hydrogens is 186 g/mol. The zero-order valence-corrected chi connectivity index (χ0v) is 8.47. The summed E-state index contributed by atoms with van der Waals surface area (Å²) in [7, 11) is 1.35. The van der Waals surface area contributed by atoms with Crippen LogP contribution in [0.15, 0.2) is 5.11 Å². The van der Waals surface area contributed by atoms with Gasteiger partial charge >= 0.3 is 5.97 Å². The molecule has 0 bridgehead atoms. The molecule has 80 valence electrons. The van der Waals surface area contributed by atoms with Gasteiger partial charge in [0.15, 0.2) is 0 Å². The van der Waals surface area contributed by atoms with E-state index in [1.807, 2.05) is 0 Å². The van der Waals surface area contributed by atoms with E-state index < -0.39 is 0 Å². The topological polar surface area (TPSA) is 84.3 Å². The molecule has 1 unspecified atom stereocenters. The molecule has 0 saturated carbocycles. The van der Waals surface area contributed by atoms with E-state index in [-0.39, 0.29) is 12.2 Å². The second-order valence-electron chi connectivity index (χ2n) is 2.72. The first kappa shape index (κ1) is 12.7. The summed E-state index contributed by atoms with van der Waals surface area (Å²) in [5.41, 5.74) is 8.00. The van der Waals surface area contributed by atoms with E-state index in [2.05, 4.69) is 14.8 Å². The number of azide groups is 1. The number of rotatable bonds is 1. The van der Waals surface area contributed by atoms with Crippen LogP contribution in [0, 0.1) is 0 Å². The number of hydrogen-bond acceptors (Lipinski definition) is 4. The van der Waals surface area contributed by atoms with E-state index in [0.29, 0.717) is 0 Å². The van der Waals surface area contributed by atoms with Gasteiger partial charge < -0.3 is 9.47 Å². The van der Waals surface area contributed by atoms with Gasteiger partial charge in [0, 0.05) is 18.4 Å². The number of methoxy groups -OCH3 is 1. The van der Waals surface area contributed by atoms with Crippen LogP contribution in [-0.2, 0) is 14.3 Å². The number of carbonyl (C=O) groups is 1. The Labute approximate surface area is 82.8 Å². The quantitative estimate of drug-likeness (QED) is 0.281. The molecule has 0 aromatic heterocycles. The van der Waals surface area contributed by atoms with Crippen molar-refractivity contribution in [2.24, 2.45) is 5.11 Å². The van der Waals surface area contributed by atoms with Crippen LogP contribution in [0.2, 0.25) is 0 Å². The minimum absolute atomic E-state index is 0.191. The van der Waals surface area contributed by atoms with Gasteiger partial charge in [-0.05, 0) is 24.8 Å². The summed E-state index contributed by atoms with van der Waals surface area (Å²) >= 11 is 0. The third kappa shape index (κ3) is 7.39. The number of ether oxygens (including phenoxy) is 2. The van der Waals surface area contributed by atoms with Gasteiger partial charge in [0.1, 0.15) is 6.23 Å². The highest BCUT2D eigenvalue weighted by molar-refractivity contribution is 5.65. The van der Waals surface area contributed by atoms with E-state index in [1.54, 1.807) is 0 Å². The van der Waals surface area contributed by atoms with Gasteiger partial charge in [-0.15, -0.1) is 0 Å². The lowest BCUT2D eigenvalue weighted by Gasteiger charge is -2.16. The first-order valence-corrected chi connectivity index (χ1v) is 4.41. The van der Waals surface area contributed by atoms with Crippen LogP contribution in [0.5, 0.6) is 0 Å². The summed E-state index contributed by atoms with van der Waals surface area (Å²) in [6.45, 7) is 2.10. The van der Waals surface area contributed by atoms with Crippen molar-refractivity contribution in [1.29, 1.82) is 0 Å². The summed E-state index contributed by atoms with van der Waals surface area (Å²) in [5, 5.41) is 3.44. The molecular formula is C8H15N3O3. The zero-order chi connectivity index (χ0) is 10.8. The molecule has 0 spiro atoms. The van der Waals surface area contributed by atoms with Crippen molar-refractivity contribution in [1.82, 2.24) is 0 Å². The summed E-state index contributed by atoms with van der Waals surface area (Å²) in [4.78, 5) is 12.2. The fourth-order valence-electron chi connectivity index (χ4n) is 0.872. The molecule has 0 N–H and O–H groups in total. The molecule has 14 heavy (non-hydrogen) atoms. The van der Waals surface area contributed by atoms with Gasteiger partial charge in [-0.2, -0.15) is 0 Å². The number of carbonyl (C=O) groups excluding carboxylic acids is 1. The van der Waals surface area contributed by atoms with E-state index >= 15 is 0 Å². The Kier molecular flexibility index (Phi) is 7.59. The third-order valence-electron chi connectivity index (χ3n) is 1.62. The second-order valence-corrected chi connectivity index (χ2v) is 2.72. The average Bonchev–Trinajstić information content (AvgIpc) is 2.21. The van der Waals surface area contributed by atoms with Crippen molar-refractivity contribution in [3.8, 4) is 0 Å². The Morgan fingerprint density at radius 3 is 2.64 bits per heavy atom. The van der Waals surface area contributed by atoms with Crippen LogP contribution in [-0.4, -0.2) is 25.9 Å². The Hall–Kier alpha value is -1.26. The first-order valence-electron chi connectivity index (χ1n) is 4.41. The molecule has 0 aromatic carbocycles. The van der Waals surface area contributed by atoms with Crippen molar-refractivity contribution in [3.63, 3.8) is 0 Å². The molecule has 1 aliphatic heterocycles. The normalized spacial score (nSPS) is 19.7. The van der Waals surface area contributed by atoms with Gasteiger partial charge in [0.25, 0.3) is 0 Å². The monoisotopic (exact) mass is 201 g/mol. The molecule has 6 nitrogen and oxygen atoms in total. The highest BCUT2D eigenvalue weighted by Crippen LogP contribution is 2.12. The predicted octanol–water partition coefficient (Wildman–Crippen LogP) is 2.00. The molecule has 1 atom stereocenters. The second kappa shape index (κ2) is 8.34. The lowest BCUT2D eigenvalue weighted by molar-refractivity contribution is -0.137. The van der Waals surface area contributed by atoms with Crippen LogP contribution >= 0.6 is 0 Å². The van der Waals surface area contributed by atoms with E-state index in [9.17, 15) is 4.79 Å². The van der Waals surface area contributed by atoms with Crippen LogP contribution in [0.4, 0.5) is 0 Å². The minimum Gasteiger partial charge on any atom is -0.469 e. The van der Waals surface area contributed by atoms with Gasteiger partial charge in [0.05, 0.1) is 7.11 Å². The van der Waals surface area contributed by atoms with Crippen molar-refractivity contribution in [2.45, 2.75) is 32.4 Å². The fraction of sp³-hybridized carbons (Fsp3) is 0.875. The molecule has 1 fully saturated rings. The van der Waals surface area contributed by atoms with E-state index in [0.717, 1.165) is 25.9 Å². The van der Waals surface area contributed by atoms with Gasteiger partial charge in [0.2, 0.25) is 0 Å². The zero-order valence-electron chi connectivity index (χ0n) is 8.47.